The van der Waals surface area contributed by atoms with Crippen molar-refractivity contribution in [1.29, 1.82) is 0 Å². The highest BCUT2D eigenvalue weighted by Gasteiger charge is 2.53. The van der Waals surface area contributed by atoms with Gasteiger partial charge in [-0.2, -0.15) is 0 Å². The molecule has 0 fully saturated rings. The highest BCUT2D eigenvalue weighted by molar-refractivity contribution is 6.02. The third-order valence-corrected chi connectivity index (χ3v) is 24.7. The summed E-state index contributed by atoms with van der Waals surface area (Å²) in [4.78, 5) is 10.6. The van der Waals surface area contributed by atoms with Gasteiger partial charge in [0.2, 0.25) is 0 Å². The van der Waals surface area contributed by atoms with Crippen molar-refractivity contribution in [2.24, 2.45) is 5.92 Å². The van der Waals surface area contributed by atoms with E-state index >= 15 is 0 Å². The van der Waals surface area contributed by atoms with Crippen molar-refractivity contribution in [3.63, 3.8) is 0 Å². The van der Waals surface area contributed by atoms with Crippen LogP contribution in [-0.4, -0.2) is 0 Å². The van der Waals surface area contributed by atoms with Crippen molar-refractivity contribution in [1.82, 2.24) is 0 Å². The van der Waals surface area contributed by atoms with Crippen LogP contribution in [0.25, 0.3) is 49.4 Å². The molecule has 11 aromatic rings. The first-order chi connectivity index (χ1) is 47.9. The van der Waals surface area contributed by atoms with Crippen LogP contribution < -0.4 is 19.6 Å². The van der Waals surface area contributed by atoms with Crippen molar-refractivity contribution >= 4 is 78.3 Å². The standard InChI is InChI=1S/C95H84N4/c1-91(2)76-37-21-18-34-70(76)73-47-42-62(52-79(73)91)96(61-30-12-11-13-31-61)67-57-84-90-85(58-67)95(9,10)83-56-66(98(87-41-25-29-60-27-15-17-33-69(60)87)64-44-49-75-72-36-20-23-39-78(72)93(5,6)81(75)54-64)46-51-89(83)99(90)88-50-45-65(55-82(88)94(84,7)8)97(86-40-24-28-59-26-14-16-32-68(59)86)63-43-48-74-71-35-19-22-38-77(71)92(3,4)80(74)53-63/h12,14-19,21-35,37-57,85H,11,13,20,36,58H2,1-10H3. The zero-order valence-electron chi connectivity index (χ0n) is 58.7. The average molecular weight is 1280 g/mol. The summed E-state index contributed by atoms with van der Waals surface area (Å²) in [5, 5.41) is 4.89. The van der Waals surface area contributed by atoms with Gasteiger partial charge in [0.1, 0.15) is 0 Å². The summed E-state index contributed by atoms with van der Waals surface area (Å²) in [6, 6.07) is 86.7. The van der Waals surface area contributed by atoms with E-state index in [-0.39, 0.29) is 27.6 Å². The van der Waals surface area contributed by atoms with Crippen LogP contribution in [0.4, 0.5) is 51.2 Å². The lowest BCUT2D eigenvalue weighted by molar-refractivity contribution is 0.331. The zero-order valence-corrected chi connectivity index (χ0v) is 58.7. The number of nitrogens with zero attached hydrogens (tertiary/aromatic N) is 4. The molecule has 2 aliphatic heterocycles. The van der Waals surface area contributed by atoms with Gasteiger partial charge in [-0.1, -0.05) is 233 Å². The summed E-state index contributed by atoms with van der Waals surface area (Å²) in [5.74, 6) is 0.0801. The largest absolute Gasteiger partial charge is 0.315 e. The third-order valence-electron chi connectivity index (χ3n) is 24.7. The van der Waals surface area contributed by atoms with Crippen LogP contribution in [0.3, 0.4) is 0 Å². The van der Waals surface area contributed by atoms with Crippen molar-refractivity contribution < 1.29 is 0 Å². The van der Waals surface area contributed by atoms with E-state index < -0.39 is 5.41 Å². The summed E-state index contributed by atoms with van der Waals surface area (Å²) < 4.78 is 0. The molecule has 11 aromatic carbocycles. The fourth-order valence-corrected chi connectivity index (χ4v) is 19.5. The molecule has 1 atom stereocenters. The second-order valence-corrected chi connectivity index (χ2v) is 31.9. The normalized spacial score (nSPS) is 19.1. The Labute approximate surface area is 584 Å². The van der Waals surface area contributed by atoms with Crippen molar-refractivity contribution in [3.05, 3.63) is 334 Å². The molecule has 484 valence electrons. The molecule has 2 heterocycles. The monoisotopic (exact) mass is 1280 g/mol. The first-order valence-electron chi connectivity index (χ1n) is 36.2. The molecule has 0 radical (unpaired) electrons. The van der Waals surface area contributed by atoms with Crippen LogP contribution in [0.5, 0.6) is 0 Å². The van der Waals surface area contributed by atoms with Crippen LogP contribution in [-0.2, 0) is 27.1 Å². The van der Waals surface area contributed by atoms with Gasteiger partial charge in [0.05, 0.1) is 17.1 Å². The highest BCUT2D eigenvalue weighted by Crippen LogP contribution is 2.64. The van der Waals surface area contributed by atoms with Gasteiger partial charge >= 0.3 is 0 Å². The highest BCUT2D eigenvalue weighted by atomic mass is 15.2. The Hall–Kier alpha value is -10.4. The molecule has 0 spiro atoms. The molecule has 6 aliphatic carbocycles. The second-order valence-electron chi connectivity index (χ2n) is 31.9. The van der Waals surface area contributed by atoms with E-state index in [4.69, 9.17) is 0 Å². The van der Waals surface area contributed by atoms with E-state index in [0.29, 0.717) is 0 Å². The Morgan fingerprint density at radius 2 is 0.818 bits per heavy atom. The van der Waals surface area contributed by atoms with Crippen LogP contribution in [0.1, 0.15) is 146 Å². The summed E-state index contributed by atoms with van der Waals surface area (Å²) in [6.45, 7) is 24.7. The summed E-state index contributed by atoms with van der Waals surface area (Å²) in [7, 11) is 0. The molecule has 4 heteroatoms. The van der Waals surface area contributed by atoms with Crippen molar-refractivity contribution in [3.8, 4) is 22.3 Å². The molecule has 0 saturated heterocycles. The predicted octanol–water partition coefficient (Wildman–Crippen LogP) is 25.6. The van der Waals surface area contributed by atoms with Gasteiger partial charge in [-0.15, -0.1) is 0 Å². The second kappa shape index (κ2) is 21.3. The minimum atomic E-state index is -0.457. The zero-order chi connectivity index (χ0) is 67.2. The minimum absolute atomic E-state index is 0.0801. The predicted molar refractivity (Wildman–Crippen MR) is 417 cm³/mol. The van der Waals surface area contributed by atoms with Crippen LogP contribution in [0.15, 0.2) is 289 Å². The maximum Gasteiger partial charge on any atom is 0.0540 e. The summed E-state index contributed by atoms with van der Waals surface area (Å²) >= 11 is 0. The lowest BCUT2D eigenvalue weighted by Crippen LogP contribution is -2.49. The third kappa shape index (κ3) is 8.57. The summed E-state index contributed by atoms with van der Waals surface area (Å²) in [6.07, 6.45) is 19.8. The molecule has 0 amide bonds. The number of hydrogen-bond acceptors (Lipinski definition) is 4. The average Bonchev–Trinajstić information content (AvgIpc) is 1.53. The lowest BCUT2D eigenvalue weighted by Gasteiger charge is -2.56. The van der Waals surface area contributed by atoms with E-state index in [2.05, 4.69) is 350 Å². The van der Waals surface area contributed by atoms with E-state index in [1.807, 2.05) is 0 Å². The topological polar surface area (TPSA) is 13.0 Å². The molecule has 0 N–H and O–H groups in total. The van der Waals surface area contributed by atoms with Gasteiger partial charge in [-0.25, -0.2) is 0 Å². The number of rotatable bonds is 9. The quantitative estimate of drug-likeness (QED) is 0.143. The molecule has 4 nitrogen and oxygen atoms in total. The van der Waals surface area contributed by atoms with Crippen LogP contribution in [0.2, 0.25) is 0 Å². The maximum atomic E-state index is 2.74. The number of fused-ring (bicyclic) bond motifs is 14. The Bertz CT molecular complexity index is 5540. The number of hydrogen-bond donors (Lipinski definition) is 0. The molecule has 0 bridgehead atoms. The van der Waals surface area contributed by atoms with Gasteiger partial charge in [0, 0.05) is 95.0 Å². The Kier molecular flexibility index (Phi) is 12.9. The van der Waals surface area contributed by atoms with Gasteiger partial charge in [-0.3, -0.25) is 0 Å². The molecule has 99 heavy (non-hydrogen) atoms. The number of benzene rings is 11. The molecule has 8 aliphatic rings. The van der Waals surface area contributed by atoms with Crippen molar-refractivity contribution in [2.45, 2.75) is 128 Å². The van der Waals surface area contributed by atoms with Crippen LogP contribution >= 0.6 is 0 Å². The van der Waals surface area contributed by atoms with E-state index in [1.54, 1.807) is 0 Å². The lowest BCUT2D eigenvalue weighted by atomic mass is 9.59. The SMILES string of the molecule is CC1(C)C2=C(CCC=C2)c2ccc(N(c3ccc4c(c3)C(C)(C)C3CC(N(C5=CCCC=C5)c5ccc6c(c5)C(C)(C)c5ccccc5-6)=CC5=C3N4c3ccc(N(c4ccc6c(c4)C(C)(C)c4ccccc4-6)c4cccc6ccccc46)cc3C5(C)C)c3cccc4ccccc34)cc21. The van der Waals surface area contributed by atoms with E-state index in [0.717, 1.165) is 54.9 Å². The van der Waals surface area contributed by atoms with Crippen LogP contribution in [0, 0.1) is 5.92 Å². The Balaban J connectivity index is 0.836. The molecule has 0 saturated carbocycles. The smallest absolute Gasteiger partial charge is 0.0540 e. The Morgan fingerprint density at radius 3 is 1.39 bits per heavy atom. The van der Waals surface area contributed by atoms with E-state index in [1.165, 1.54) is 151 Å². The minimum Gasteiger partial charge on any atom is -0.315 e. The van der Waals surface area contributed by atoms with Crippen molar-refractivity contribution in [2.75, 3.05) is 19.6 Å². The fourth-order valence-electron chi connectivity index (χ4n) is 19.5. The number of anilines is 9. The number of allylic oxidation sites excluding steroid dienone is 11. The maximum absolute atomic E-state index is 2.74. The Morgan fingerprint density at radius 1 is 0.364 bits per heavy atom. The molecule has 0 aromatic heterocycles. The molecular weight excluding hydrogens is 1200 g/mol. The van der Waals surface area contributed by atoms with Gasteiger partial charge in [0.15, 0.2) is 0 Å². The first kappa shape index (κ1) is 59.8. The molecular formula is C95H84N4. The van der Waals surface area contributed by atoms with Gasteiger partial charge in [-0.05, 0) is 223 Å². The van der Waals surface area contributed by atoms with Gasteiger partial charge in [0.25, 0.3) is 0 Å². The van der Waals surface area contributed by atoms with E-state index in [9.17, 15) is 0 Å². The summed E-state index contributed by atoms with van der Waals surface area (Å²) in [5.41, 5.74) is 34.0. The van der Waals surface area contributed by atoms with Gasteiger partial charge < -0.3 is 19.6 Å². The first-order valence-corrected chi connectivity index (χ1v) is 36.2. The molecule has 19 rings (SSSR count). The molecule has 1 unspecified atom stereocenters. The fraction of sp³-hybridized carbons (Fsp3) is 0.221.